The molecule has 4 rings (SSSR count). The number of nitrogens with zero attached hydrogens (tertiary/aromatic N) is 2. The second-order valence-corrected chi connectivity index (χ2v) is 9.10. The lowest BCUT2D eigenvalue weighted by atomic mass is 10.1. The van der Waals surface area contributed by atoms with E-state index in [1.54, 1.807) is 11.3 Å². The van der Waals surface area contributed by atoms with Crippen LogP contribution in [0.2, 0.25) is 0 Å². The molecule has 3 aromatic rings. The van der Waals surface area contributed by atoms with E-state index in [2.05, 4.69) is 65.1 Å². The van der Waals surface area contributed by atoms with Gasteiger partial charge in [0.2, 0.25) is 0 Å². The van der Waals surface area contributed by atoms with E-state index in [1.807, 2.05) is 10.8 Å². The van der Waals surface area contributed by atoms with Crippen LogP contribution < -0.4 is 18.6 Å². The van der Waals surface area contributed by atoms with Crippen LogP contribution in [0, 0.1) is 0 Å². The van der Waals surface area contributed by atoms with Crippen LogP contribution >= 0.6 is 11.3 Å². The van der Waals surface area contributed by atoms with Gasteiger partial charge in [0.05, 0.1) is 0 Å². The normalized spacial score (nSPS) is 15.2. The Hall–Kier alpha value is -2.40. The molecular weight excluding hydrogens is 404 g/mol. The third-order valence-corrected chi connectivity index (χ3v) is 6.59. The molecule has 0 fully saturated rings. The van der Waals surface area contributed by atoms with E-state index in [4.69, 9.17) is 9.47 Å². The molecule has 0 aromatic carbocycles. The Morgan fingerprint density at radius 3 is 2.10 bits per heavy atom. The fourth-order valence-corrected chi connectivity index (χ4v) is 4.63. The maximum Gasteiger partial charge on any atom is 0.172 e. The van der Waals surface area contributed by atoms with Crippen LogP contribution in [0.15, 0.2) is 59.8 Å². The Morgan fingerprint density at radius 2 is 1.42 bits per heavy atom. The molecule has 0 aliphatic carbocycles. The van der Waals surface area contributed by atoms with Gasteiger partial charge in [-0.1, -0.05) is 19.8 Å². The van der Waals surface area contributed by atoms with Gasteiger partial charge in [-0.2, -0.15) is 0 Å². The summed E-state index contributed by atoms with van der Waals surface area (Å²) in [6.07, 6.45) is 17.5. The maximum atomic E-state index is 6.00. The van der Waals surface area contributed by atoms with Crippen LogP contribution in [0.1, 0.15) is 51.9 Å². The van der Waals surface area contributed by atoms with Crippen LogP contribution in [0.3, 0.4) is 0 Å². The average molecular weight is 439 g/mol. The van der Waals surface area contributed by atoms with Gasteiger partial charge in [-0.25, -0.2) is 9.13 Å². The topological polar surface area (TPSA) is 26.2 Å². The zero-order valence-corrected chi connectivity index (χ0v) is 19.4. The first-order valence-corrected chi connectivity index (χ1v) is 12.6. The Balaban J connectivity index is 1.13. The molecule has 0 amide bonds. The highest BCUT2D eigenvalue weighted by molar-refractivity contribution is 7.08. The number of rotatable bonds is 11. The minimum absolute atomic E-state index is 0.211. The second kappa shape index (κ2) is 11.3. The lowest BCUT2D eigenvalue weighted by Gasteiger charge is -2.24. The predicted molar refractivity (Wildman–Crippen MR) is 124 cm³/mol. The van der Waals surface area contributed by atoms with Gasteiger partial charge < -0.3 is 9.47 Å². The molecule has 0 radical (unpaired) electrons. The molecule has 164 valence electrons. The summed E-state index contributed by atoms with van der Waals surface area (Å²) in [5, 5.41) is 4.05. The zero-order valence-electron chi connectivity index (χ0n) is 18.5. The molecule has 1 unspecified atom stereocenters. The second-order valence-electron chi connectivity index (χ2n) is 8.36. The molecule has 1 atom stereocenters. The Labute approximate surface area is 190 Å². The quantitative estimate of drug-likeness (QED) is 0.288. The van der Waals surface area contributed by atoms with Crippen molar-refractivity contribution in [3.05, 3.63) is 59.8 Å². The van der Waals surface area contributed by atoms with Crippen LogP contribution in [0.4, 0.5) is 0 Å². The molecule has 0 spiro atoms. The summed E-state index contributed by atoms with van der Waals surface area (Å²) in [6.45, 7) is 5.09. The van der Waals surface area contributed by atoms with Gasteiger partial charge in [-0.15, -0.1) is 11.3 Å². The van der Waals surface area contributed by atoms with E-state index in [0.29, 0.717) is 6.61 Å². The van der Waals surface area contributed by atoms with Gasteiger partial charge in [0.25, 0.3) is 0 Å². The molecule has 4 nitrogen and oxygen atoms in total. The van der Waals surface area contributed by atoms with E-state index in [0.717, 1.165) is 31.0 Å². The van der Waals surface area contributed by atoms with E-state index in [1.165, 1.54) is 49.7 Å². The summed E-state index contributed by atoms with van der Waals surface area (Å²) < 4.78 is 16.3. The third kappa shape index (κ3) is 6.30. The number of hydrogen-bond acceptors (Lipinski definition) is 3. The summed E-state index contributed by atoms with van der Waals surface area (Å²) in [4.78, 5) is 0. The molecule has 0 saturated carbocycles. The van der Waals surface area contributed by atoms with Crippen LogP contribution in [-0.4, -0.2) is 12.7 Å². The molecule has 0 N–H and O–H groups in total. The summed E-state index contributed by atoms with van der Waals surface area (Å²) >= 11 is 1.64. The highest BCUT2D eigenvalue weighted by Crippen LogP contribution is 2.36. The van der Waals surface area contributed by atoms with Gasteiger partial charge in [0.15, 0.2) is 36.3 Å². The first-order chi connectivity index (χ1) is 15.3. The molecule has 4 heterocycles. The van der Waals surface area contributed by atoms with E-state index < -0.39 is 0 Å². The Kier molecular flexibility index (Phi) is 7.94. The van der Waals surface area contributed by atoms with Crippen LogP contribution in [-0.2, 0) is 13.1 Å². The number of unbranched alkanes of at least 4 members (excludes halogenated alkanes) is 4. The Bertz CT molecular complexity index is 921. The molecule has 1 aliphatic rings. The first-order valence-electron chi connectivity index (χ1n) is 11.7. The number of thiophene rings is 1. The van der Waals surface area contributed by atoms with Gasteiger partial charge in [0.1, 0.15) is 25.8 Å². The van der Waals surface area contributed by atoms with E-state index >= 15 is 0 Å². The van der Waals surface area contributed by atoms with Gasteiger partial charge in [0, 0.05) is 47.9 Å². The predicted octanol–water partition coefficient (Wildman–Crippen LogP) is 5.58. The van der Waals surface area contributed by atoms with Crippen molar-refractivity contribution >= 4 is 11.3 Å². The van der Waals surface area contributed by atoms with Crippen molar-refractivity contribution in [3.8, 4) is 22.6 Å². The molecular formula is C26H34N2O2S+2. The number of aromatic nitrogens is 2. The highest BCUT2D eigenvalue weighted by atomic mass is 32.1. The molecule has 31 heavy (non-hydrogen) atoms. The van der Waals surface area contributed by atoms with Crippen molar-refractivity contribution in [1.82, 2.24) is 0 Å². The summed E-state index contributed by atoms with van der Waals surface area (Å²) in [5.74, 6) is 1.83. The Morgan fingerprint density at radius 1 is 0.806 bits per heavy atom. The van der Waals surface area contributed by atoms with Crippen molar-refractivity contribution in [1.29, 1.82) is 0 Å². The third-order valence-electron chi connectivity index (χ3n) is 5.89. The van der Waals surface area contributed by atoms with Crippen molar-refractivity contribution in [3.63, 3.8) is 0 Å². The standard InChI is InChI=1S/C26H34N2O2S/c1-2-3-13-27-15-9-22(10-16-27)23-11-17-28(18-12-23)14-7-5-4-6-8-24-19-29-25-20-31-21-26(25)30-24/h9-12,15-18,20-21,24H,2-8,13-14,19H2,1H3/q+2. The minimum atomic E-state index is 0.211. The van der Waals surface area contributed by atoms with Crippen LogP contribution in [0.25, 0.3) is 11.1 Å². The van der Waals surface area contributed by atoms with Crippen molar-refractivity contribution < 1.29 is 18.6 Å². The summed E-state index contributed by atoms with van der Waals surface area (Å²) in [5.41, 5.74) is 2.56. The van der Waals surface area contributed by atoms with Gasteiger partial charge in [-0.05, 0) is 30.4 Å². The average Bonchev–Trinajstić information content (AvgIpc) is 3.29. The molecule has 1 aliphatic heterocycles. The number of aryl methyl sites for hydroxylation is 2. The zero-order chi connectivity index (χ0) is 21.3. The van der Waals surface area contributed by atoms with E-state index in [-0.39, 0.29) is 6.10 Å². The van der Waals surface area contributed by atoms with Crippen LogP contribution in [0.5, 0.6) is 11.5 Å². The fourth-order valence-electron chi connectivity index (χ4n) is 3.96. The number of hydrogen-bond donors (Lipinski definition) is 0. The number of fused-ring (bicyclic) bond motifs is 1. The first kappa shape index (κ1) is 21.8. The van der Waals surface area contributed by atoms with Gasteiger partial charge >= 0.3 is 0 Å². The number of pyridine rings is 2. The summed E-state index contributed by atoms with van der Waals surface area (Å²) in [7, 11) is 0. The highest BCUT2D eigenvalue weighted by Gasteiger charge is 2.21. The molecule has 3 aromatic heterocycles. The fraction of sp³-hybridized carbons (Fsp3) is 0.462. The summed E-state index contributed by atoms with van der Waals surface area (Å²) in [6, 6.07) is 8.89. The molecule has 0 bridgehead atoms. The lowest BCUT2D eigenvalue weighted by molar-refractivity contribution is -0.697. The van der Waals surface area contributed by atoms with Crippen molar-refractivity contribution in [2.45, 2.75) is 71.1 Å². The molecule has 0 saturated heterocycles. The van der Waals surface area contributed by atoms with Gasteiger partial charge in [-0.3, -0.25) is 0 Å². The smallest absolute Gasteiger partial charge is 0.172 e. The van der Waals surface area contributed by atoms with Crippen molar-refractivity contribution in [2.24, 2.45) is 0 Å². The SMILES string of the molecule is CCCC[n+]1ccc(-c2cc[n+](CCCCCCC3COc4cscc4O3)cc2)cc1. The number of ether oxygens (including phenoxy) is 2. The lowest BCUT2D eigenvalue weighted by Crippen LogP contribution is -2.33. The monoisotopic (exact) mass is 438 g/mol. The van der Waals surface area contributed by atoms with Crippen molar-refractivity contribution in [2.75, 3.05) is 6.61 Å². The minimum Gasteiger partial charge on any atom is -0.485 e. The van der Waals surface area contributed by atoms with E-state index in [9.17, 15) is 0 Å². The largest absolute Gasteiger partial charge is 0.485 e. The molecule has 5 heteroatoms. The maximum absolute atomic E-state index is 6.00.